The lowest BCUT2D eigenvalue weighted by molar-refractivity contribution is -0.122. The maximum absolute atomic E-state index is 12.9. The molecule has 0 unspecified atom stereocenters. The van der Waals surface area contributed by atoms with Crippen molar-refractivity contribution < 1.29 is 9.18 Å². The van der Waals surface area contributed by atoms with Crippen LogP contribution in [0.25, 0.3) is 21.8 Å². The summed E-state index contributed by atoms with van der Waals surface area (Å²) >= 11 is 0. The standard InChI is InChI=1S/C20H17FN4O2/c1-12-2-7-17-15(8-12)16-10-23-25(20(27)19(16)24-17)11-18(26)22-9-13-3-5-14(21)6-4-13/h2-8,10,24H,9,11H2,1H3,(H,22,26). The molecule has 0 fully saturated rings. The molecule has 0 saturated carbocycles. The first-order chi connectivity index (χ1) is 13.0. The van der Waals surface area contributed by atoms with E-state index in [1.54, 1.807) is 18.3 Å². The number of carbonyl (C=O) groups excluding carboxylic acids is 1. The Morgan fingerprint density at radius 2 is 1.96 bits per heavy atom. The highest BCUT2D eigenvalue weighted by atomic mass is 19.1. The van der Waals surface area contributed by atoms with Gasteiger partial charge in [-0.1, -0.05) is 23.8 Å². The number of hydrogen-bond acceptors (Lipinski definition) is 3. The van der Waals surface area contributed by atoms with Crippen molar-refractivity contribution in [2.24, 2.45) is 0 Å². The van der Waals surface area contributed by atoms with E-state index >= 15 is 0 Å². The van der Waals surface area contributed by atoms with E-state index in [-0.39, 0.29) is 30.4 Å². The zero-order valence-electron chi connectivity index (χ0n) is 14.6. The molecule has 6 nitrogen and oxygen atoms in total. The summed E-state index contributed by atoms with van der Waals surface area (Å²) in [7, 11) is 0. The van der Waals surface area contributed by atoms with Crippen LogP contribution in [0, 0.1) is 12.7 Å². The lowest BCUT2D eigenvalue weighted by Gasteiger charge is -2.07. The molecule has 1 amide bonds. The van der Waals surface area contributed by atoms with Crippen molar-refractivity contribution in [3.63, 3.8) is 0 Å². The van der Waals surface area contributed by atoms with E-state index in [0.717, 1.165) is 32.1 Å². The second-order valence-electron chi connectivity index (χ2n) is 6.47. The van der Waals surface area contributed by atoms with Crippen LogP contribution in [0.2, 0.25) is 0 Å². The van der Waals surface area contributed by atoms with Crippen LogP contribution in [0.5, 0.6) is 0 Å². The average Bonchev–Trinajstić information content (AvgIpc) is 3.02. The Kier molecular flexibility index (Phi) is 4.19. The third-order valence-electron chi connectivity index (χ3n) is 4.47. The van der Waals surface area contributed by atoms with Crippen molar-refractivity contribution in [1.82, 2.24) is 20.1 Å². The van der Waals surface area contributed by atoms with Crippen LogP contribution in [-0.4, -0.2) is 20.7 Å². The largest absolute Gasteiger partial charge is 0.350 e. The van der Waals surface area contributed by atoms with E-state index in [4.69, 9.17) is 0 Å². The fraction of sp³-hybridized carbons (Fsp3) is 0.150. The van der Waals surface area contributed by atoms with Crippen molar-refractivity contribution >= 4 is 27.7 Å². The van der Waals surface area contributed by atoms with Gasteiger partial charge in [-0.3, -0.25) is 9.59 Å². The maximum atomic E-state index is 12.9. The summed E-state index contributed by atoms with van der Waals surface area (Å²) in [6.45, 7) is 2.05. The van der Waals surface area contributed by atoms with Crippen molar-refractivity contribution in [2.45, 2.75) is 20.0 Å². The fourth-order valence-corrected chi connectivity index (χ4v) is 3.05. The van der Waals surface area contributed by atoms with Crippen LogP contribution in [-0.2, 0) is 17.9 Å². The van der Waals surface area contributed by atoms with Crippen molar-refractivity contribution in [3.05, 3.63) is 76.0 Å². The van der Waals surface area contributed by atoms with Gasteiger partial charge in [-0.15, -0.1) is 0 Å². The Labute approximate surface area is 153 Å². The van der Waals surface area contributed by atoms with Crippen LogP contribution >= 0.6 is 0 Å². The minimum Gasteiger partial charge on any atom is -0.350 e. The smallest absolute Gasteiger partial charge is 0.291 e. The number of nitrogens with zero attached hydrogens (tertiary/aromatic N) is 2. The van der Waals surface area contributed by atoms with Gasteiger partial charge < -0.3 is 10.3 Å². The molecule has 2 heterocycles. The molecule has 7 heteroatoms. The average molecular weight is 364 g/mol. The Morgan fingerprint density at radius 1 is 1.19 bits per heavy atom. The summed E-state index contributed by atoms with van der Waals surface area (Å²) in [5, 5.41) is 8.51. The van der Waals surface area contributed by atoms with Gasteiger partial charge in [0, 0.05) is 22.8 Å². The van der Waals surface area contributed by atoms with Gasteiger partial charge in [-0.05, 0) is 36.8 Å². The molecule has 2 aromatic heterocycles. The molecule has 2 aromatic carbocycles. The number of amides is 1. The first-order valence-corrected chi connectivity index (χ1v) is 8.50. The second kappa shape index (κ2) is 6.68. The van der Waals surface area contributed by atoms with Crippen molar-refractivity contribution in [2.75, 3.05) is 0 Å². The molecule has 27 heavy (non-hydrogen) atoms. The monoisotopic (exact) mass is 364 g/mol. The van der Waals surface area contributed by atoms with E-state index in [0.29, 0.717) is 5.52 Å². The number of benzene rings is 2. The third kappa shape index (κ3) is 3.31. The van der Waals surface area contributed by atoms with Crippen LogP contribution < -0.4 is 10.9 Å². The minimum atomic E-state index is -0.349. The Bertz CT molecular complexity index is 1210. The summed E-state index contributed by atoms with van der Waals surface area (Å²) in [4.78, 5) is 28.0. The topological polar surface area (TPSA) is 79.8 Å². The number of hydrogen-bond donors (Lipinski definition) is 2. The first-order valence-electron chi connectivity index (χ1n) is 8.50. The fourth-order valence-electron chi connectivity index (χ4n) is 3.05. The molecule has 4 aromatic rings. The van der Waals surface area contributed by atoms with Gasteiger partial charge >= 0.3 is 0 Å². The molecule has 0 spiro atoms. The van der Waals surface area contributed by atoms with Gasteiger partial charge in [0.2, 0.25) is 5.91 Å². The molecular weight excluding hydrogens is 347 g/mol. The number of aromatic amines is 1. The highest BCUT2D eigenvalue weighted by Gasteiger charge is 2.12. The quantitative estimate of drug-likeness (QED) is 0.584. The molecule has 0 saturated heterocycles. The van der Waals surface area contributed by atoms with Gasteiger partial charge in [-0.2, -0.15) is 5.10 Å². The number of aryl methyl sites for hydroxylation is 1. The highest BCUT2D eigenvalue weighted by Crippen LogP contribution is 2.23. The zero-order valence-corrected chi connectivity index (χ0v) is 14.6. The normalized spacial score (nSPS) is 11.2. The highest BCUT2D eigenvalue weighted by molar-refractivity contribution is 6.06. The number of carbonyl (C=O) groups is 1. The molecule has 0 aliphatic carbocycles. The molecule has 0 aliphatic heterocycles. The second-order valence-corrected chi connectivity index (χ2v) is 6.47. The first kappa shape index (κ1) is 17.0. The lowest BCUT2D eigenvalue weighted by Crippen LogP contribution is -2.33. The van der Waals surface area contributed by atoms with E-state index < -0.39 is 0 Å². The van der Waals surface area contributed by atoms with E-state index in [1.807, 2.05) is 25.1 Å². The van der Waals surface area contributed by atoms with Gasteiger partial charge in [-0.25, -0.2) is 9.07 Å². The summed E-state index contributed by atoms with van der Waals surface area (Å²) in [6.07, 6.45) is 1.60. The molecule has 2 N–H and O–H groups in total. The third-order valence-corrected chi connectivity index (χ3v) is 4.47. The predicted molar refractivity (Wildman–Crippen MR) is 101 cm³/mol. The SMILES string of the molecule is Cc1ccc2[nH]c3c(=O)n(CC(=O)NCc4ccc(F)cc4)ncc3c2c1. The van der Waals surface area contributed by atoms with Crippen molar-refractivity contribution in [3.8, 4) is 0 Å². The predicted octanol–water partition coefficient (Wildman–Crippen LogP) is 2.64. The van der Waals surface area contributed by atoms with Gasteiger partial charge in [0.1, 0.15) is 17.9 Å². The Balaban J connectivity index is 1.55. The summed E-state index contributed by atoms with van der Waals surface area (Å²) < 4.78 is 14.0. The number of aromatic nitrogens is 3. The van der Waals surface area contributed by atoms with E-state index in [2.05, 4.69) is 15.4 Å². The van der Waals surface area contributed by atoms with Crippen molar-refractivity contribution in [1.29, 1.82) is 0 Å². The minimum absolute atomic E-state index is 0.190. The Morgan fingerprint density at radius 3 is 2.74 bits per heavy atom. The molecule has 4 rings (SSSR count). The molecular formula is C20H17FN4O2. The number of H-pyrrole nitrogens is 1. The molecule has 136 valence electrons. The van der Waals surface area contributed by atoms with Crippen LogP contribution in [0.3, 0.4) is 0 Å². The summed E-state index contributed by atoms with van der Waals surface area (Å²) in [5.41, 5.74) is 2.79. The van der Waals surface area contributed by atoms with E-state index in [1.165, 1.54) is 12.1 Å². The van der Waals surface area contributed by atoms with Gasteiger partial charge in [0.15, 0.2) is 0 Å². The van der Waals surface area contributed by atoms with Crippen LogP contribution in [0.4, 0.5) is 4.39 Å². The number of halogens is 1. The number of nitrogens with one attached hydrogen (secondary N) is 2. The van der Waals surface area contributed by atoms with Gasteiger partial charge in [0.25, 0.3) is 5.56 Å². The maximum Gasteiger partial charge on any atom is 0.291 e. The lowest BCUT2D eigenvalue weighted by atomic mass is 10.1. The molecule has 0 bridgehead atoms. The zero-order chi connectivity index (χ0) is 19.0. The molecule has 0 atom stereocenters. The van der Waals surface area contributed by atoms with Gasteiger partial charge in [0.05, 0.1) is 6.20 Å². The molecule has 0 aliphatic rings. The summed E-state index contributed by atoms with van der Waals surface area (Å²) in [5.74, 6) is -0.678. The van der Waals surface area contributed by atoms with Crippen LogP contribution in [0.1, 0.15) is 11.1 Å². The number of fused-ring (bicyclic) bond motifs is 3. The van der Waals surface area contributed by atoms with Crippen LogP contribution in [0.15, 0.2) is 53.5 Å². The Hall–Kier alpha value is -3.48. The van der Waals surface area contributed by atoms with E-state index in [9.17, 15) is 14.0 Å². The molecule has 0 radical (unpaired) electrons. The number of rotatable bonds is 4. The summed E-state index contributed by atoms with van der Waals surface area (Å²) in [6, 6.07) is 11.7.